The Morgan fingerprint density at radius 3 is 2.76 bits per heavy atom. The summed E-state index contributed by atoms with van der Waals surface area (Å²) in [5.74, 6) is -1.20. The summed E-state index contributed by atoms with van der Waals surface area (Å²) in [4.78, 5) is 11.7. The Bertz CT molecular complexity index is 644. The van der Waals surface area contributed by atoms with E-state index in [1.807, 2.05) is 0 Å². The zero-order chi connectivity index (χ0) is 15.6. The number of methoxy groups -OCH3 is 1. The highest BCUT2D eigenvalue weighted by atomic mass is 32.2. The molecule has 0 amide bonds. The van der Waals surface area contributed by atoms with E-state index in [0.717, 1.165) is 16.8 Å². The molecule has 0 N–H and O–H groups in total. The molecule has 21 heavy (non-hydrogen) atoms. The zero-order valence-corrected chi connectivity index (χ0v) is 12.8. The Kier molecular flexibility index (Phi) is 4.63. The third-order valence-electron chi connectivity index (χ3n) is 3.66. The van der Waals surface area contributed by atoms with Crippen LogP contribution in [0.3, 0.4) is 0 Å². The van der Waals surface area contributed by atoms with Crippen LogP contribution in [0.15, 0.2) is 23.1 Å². The first kappa shape index (κ1) is 15.9. The van der Waals surface area contributed by atoms with Crippen LogP contribution in [0.4, 0.5) is 4.39 Å². The lowest BCUT2D eigenvalue weighted by atomic mass is 10.1. The fraction of sp³-hybridized carbons (Fsp3) is 0.500. The van der Waals surface area contributed by atoms with E-state index >= 15 is 0 Å². The Morgan fingerprint density at radius 2 is 2.10 bits per heavy atom. The van der Waals surface area contributed by atoms with Gasteiger partial charge in [-0.1, -0.05) is 6.07 Å². The van der Waals surface area contributed by atoms with E-state index in [1.54, 1.807) is 6.92 Å². The van der Waals surface area contributed by atoms with Crippen LogP contribution in [0.5, 0.6) is 0 Å². The molecule has 7 heteroatoms. The standard InChI is InChI=1S/C14H18FNO4S/c1-10-6-7-11(15)9-13(10)21(18,19)16-8-4-3-5-12(16)14(17)20-2/h6-7,9,12H,3-5,8H2,1-2H3/t12-/m1/s1. The molecule has 0 aliphatic carbocycles. The van der Waals surface area contributed by atoms with E-state index in [2.05, 4.69) is 4.74 Å². The summed E-state index contributed by atoms with van der Waals surface area (Å²) in [5, 5.41) is 0. The number of ether oxygens (including phenoxy) is 1. The highest BCUT2D eigenvalue weighted by Gasteiger charge is 2.38. The number of rotatable bonds is 3. The summed E-state index contributed by atoms with van der Waals surface area (Å²) in [6.45, 7) is 1.83. The number of carbonyl (C=O) groups is 1. The number of sulfonamides is 1. The number of nitrogens with zero attached hydrogens (tertiary/aromatic N) is 1. The van der Waals surface area contributed by atoms with Crippen molar-refractivity contribution in [2.75, 3.05) is 13.7 Å². The number of carbonyl (C=O) groups excluding carboxylic acids is 1. The minimum atomic E-state index is -3.93. The van der Waals surface area contributed by atoms with E-state index in [0.29, 0.717) is 18.4 Å². The van der Waals surface area contributed by atoms with Gasteiger partial charge in [-0.05, 0) is 43.9 Å². The maximum absolute atomic E-state index is 13.4. The van der Waals surface area contributed by atoms with Gasteiger partial charge in [0.25, 0.3) is 0 Å². The normalized spacial score (nSPS) is 20.2. The maximum atomic E-state index is 13.4. The van der Waals surface area contributed by atoms with Crippen molar-refractivity contribution in [3.63, 3.8) is 0 Å². The van der Waals surface area contributed by atoms with Gasteiger partial charge in [-0.15, -0.1) is 0 Å². The third kappa shape index (κ3) is 3.08. The summed E-state index contributed by atoms with van der Waals surface area (Å²) in [6.07, 6.45) is 1.84. The second-order valence-electron chi connectivity index (χ2n) is 5.06. The van der Waals surface area contributed by atoms with Gasteiger partial charge in [0.2, 0.25) is 10.0 Å². The highest BCUT2D eigenvalue weighted by Crippen LogP contribution is 2.28. The number of hydrogen-bond donors (Lipinski definition) is 0. The van der Waals surface area contributed by atoms with E-state index in [1.165, 1.54) is 19.2 Å². The van der Waals surface area contributed by atoms with Crippen molar-refractivity contribution >= 4 is 16.0 Å². The lowest BCUT2D eigenvalue weighted by Gasteiger charge is -2.33. The van der Waals surface area contributed by atoms with Crippen LogP contribution in [0.25, 0.3) is 0 Å². The van der Waals surface area contributed by atoms with Crippen LogP contribution >= 0.6 is 0 Å². The first-order valence-corrected chi connectivity index (χ1v) is 8.17. The monoisotopic (exact) mass is 315 g/mol. The first-order valence-electron chi connectivity index (χ1n) is 6.73. The van der Waals surface area contributed by atoms with Crippen molar-refractivity contribution in [3.8, 4) is 0 Å². The summed E-state index contributed by atoms with van der Waals surface area (Å²) >= 11 is 0. The minimum absolute atomic E-state index is 0.0988. The molecule has 0 aromatic heterocycles. The van der Waals surface area contributed by atoms with Gasteiger partial charge in [0.1, 0.15) is 11.9 Å². The molecule has 0 unspecified atom stereocenters. The van der Waals surface area contributed by atoms with Gasteiger partial charge in [-0.25, -0.2) is 12.8 Å². The van der Waals surface area contributed by atoms with E-state index in [-0.39, 0.29) is 11.4 Å². The second kappa shape index (κ2) is 6.11. The van der Waals surface area contributed by atoms with Crippen LogP contribution in [0, 0.1) is 12.7 Å². The van der Waals surface area contributed by atoms with Gasteiger partial charge in [0, 0.05) is 6.54 Å². The molecule has 1 atom stereocenters. The number of piperidine rings is 1. The molecule has 2 rings (SSSR count). The van der Waals surface area contributed by atoms with Gasteiger partial charge >= 0.3 is 5.97 Å². The predicted molar refractivity (Wildman–Crippen MR) is 74.7 cm³/mol. The third-order valence-corrected chi connectivity index (χ3v) is 5.71. The quantitative estimate of drug-likeness (QED) is 0.799. The Morgan fingerprint density at radius 1 is 1.38 bits per heavy atom. The number of benzene rings is 1. The average molecular weight is 315 g/mol. The number of hydrogen-bond acceptors (Lipinski definition) is 4. The van der Waals surface area contributed by atoms with Crippen LogP contribution in [-0.2, 0) is 19.6 Å². The van der Waals surface area contributed by atoms with Crippen molar-refractivity contribution in [1.29, 1.82) is 0 Å². The van der Waals surface area contributed by atoms with Crippen molar-refractivity contribution < 1.29 is 22.3 Å². The molecule has 1 heterocycles. The molecule has 1 aromatic carbocycles. The number of aryl methyl sites for hydroxylation is 1. The maximum Gasteiger partial charge on any atom is 0.324 e. The fourth-order valence-corrected chi connectivity index (χ4v) is 4.43. The Balaban J connectivity index is 2.45. The van der Waals surface area contributed by atoms with Crippen LogP contribution < -0.4 is 0 Å². The molecule has 0 radical (unpaired) electrons. The predicted octanol–water partition coefficient (Wildman–Crippen LogP) is 1.85. The number of esters is 1. The lowest BCUT2D eigenvalue weighted by molar-refractivity contribution is -0.146. The second-order valence-corrected chi connectivity index (χ2v) is 6.92. The molecule has 1 aliphatic rings. The summed E-state index contributed by atoms with van der Waals surface area (Å²) < 4.78 is 44.7. The minimum Gasteiger partial charge on any atom is -0.468 e. The molecule has 1 saturated heterocycles. The SMILES string of the molecule is COC(=O)[C@H]1CCCCN1S(=O)(=O)c1cc(F)ccc1C. The molecule has 116 valence electrons. The van der Waals surface area contributed by atoms with Crippen LogP contribution in [-0.4, -0.2) is 38.4 Å². The van der Waals surface area contributed by atoms with Crippen molar-refractivity contribution in [2.45, 2.75) is 37.1 Å². The Hall–Kier alpha value is -1.47. The van der Waals surface area contributed by atoms with Crippen LogP contribution in [0.2, 0.25) is 0 Å². The molecule has 1 aliphatic heterocycles. The molecule has 0 bridgehead atoms. The largest absolute Gasteiger partial charge is 0.468 e. The van der Waals surface area contributed by atoms with Gasteiger partial charge in [-0.2, -0.15) is 4.31 Å². The molecular formula is C14H18FNO4S. The summed E-state index contributed by atoms with van der Waals surface area (Å²) in [5.41, 5.74) is 0.450. The van der Waals surface area contributed by atoms with E-state index in [9.17, 15) is 17.6 Å². The van der Waals surface area contributed by atoms with Gasteiger partial charge < -0.3 is 4.74 Å². The van der Waals surface area contributed by atoms with Crippen molar-refractivity contribution in [1.82, 2.24) is 4.31 Å². The zero-order valence-electron chi connectivity index (χ0n) is 12.0. The lowest BCUT2D eigenvalue weighted by Crippen LogP contribution is -2.48. The molecule has 1 aromatic rings. The van der Waals surface area contributed by atoms with Gasteiger partial charge in [0.05, 0.1) is 12.0 Å². The molecular weight excluding hydrogens is 297 g/mol. The number of halogens is 1. The van der Waals surface area contributed by atoms with Gasteiger partial charge in [-0.3, -0.25) is 4.79 Å². The Labute approximate surface area is 123 Å². The first-order chi connectivity index (χ1) is 9.87. The van der Waals surface area contributed by atoms with Crippen molar-refractivity contribution in [3.05, 3.63) is 29.6 Å². The molecule has 0 spiro atoms. The topological polar surface area (TPSA) is 63.7 Å². The van der Waals surface area contributed by atoms with Crippen LogP contribution in [0.1, 0.15) is 24.8 Å². The molecule has 0 saturated carbocycles. The summed E-state index contributed by atoms with van der Waals surface area (Å²) in [6, 6.07) is 2.78. The fourth-order valence-electron chi connectivity index (χ4n) is 2.54. The molecule has 5 nitrogen and oxygen atoms in total. The van der Waals surface area contributed by atoms with Crippen molar-refractivity contribution in [2.24, 2.45) is 0 Å². The molecule has 1 fully saturated rings. The highest BCUT2D eigenvalue weighted by molar-refractivity contribution is 7.89. The average Bonchev–Trinajstić information content (AvgIpc) is 2.48. The van der Waals surface area contributed by atoms with E-state index < -0.39 is 27.9 Å². The van der Waals surface area contributed by atoms with E-state index in [4.69, 9.17) is 0 Å². The van der Waals surface area contributed by atoms with Gasteiger partial charge in [0.15, 0.2) is 0 Å². The summed E-state index contributed by atoms with van der Waals surface area (Å²) in [7, 11) is -2.70. The smallest absolute Gasteiger partial charge is 0.324 e.